The van der Waals surface area contributed by atoms with Crippen LogP contribution in [0.4, 0.5) is 13.2 Å². The van der Waals surface area contributed by atoms with Gasteiger partial charge < -0.3 is 23.8 Å². The first-order valence-electron chi connectivity index (χ1n) is 15.1. The molecule has 0 N–H and O–H groups in total. The van der Waals surface area contributed by atoms with Crippen LogP contribution < -0.4 is 14.2 Å². The summed E-state index contributed by atoms with van der Waals surface area (Å²) in [6.07, 6.45) is -4.16. The van der Waals surface area contributed by atoms with Crippen molar-refractivity contribution >= 4 is 17.5 Å². The number of ether oxygens (including phenoxy) is 4. The van der Waals surface area contributed by atoms with E-state index in [2.05, 4.69) is 4.90 Å². The Hall–Kier alpha value is -4.62. The van der Waals surface area contributed by atoms with E-state index in [1.54, 1.807) is 19.2 Å². The number of carbonyl (C=O) groups is 2. The minimum Gasteiger partial charge on any atom is -0.497 e. The Balaban J connectivity index is 1.45. The lowest BCUT2D eigenvalue weighted by Crippen LogP contribution is -2.46. The number of hydrazone groups is 1. The second-order valence-electron chi connectivity index (χ2n) is 11.1. The molecule has 250 valence electrons. The second kappa shape index (κ2) is 14.9. The van der Waals surface area contributed by atoms with E-state index in [-0.39, 0.29) is 18.7 Å². The van der Waals surface area contributed by atoms with Crippen LogP contribution in [0.1, 0.15) is 39.5 Å². The van der Waals surface area contributed by atoms with Gasteiger partial charge in [0.15, 0.2) is 11.5 Å². The maximum Gasteiger partial charge on any atom is 0.416 e. The van der Waals surface area contributed by atoms with Crippen LogP contribution in [0, 0.1) is 0 Å². The highest BCUT2D eigenvalue weighted by atomic mass is 19.4. The van der Waals surface area contributed by atoms with Gasteiger partial charge in [0.1, 0.15) is 12.3 Å². The van der Waals surface area contributed by atoms with Gasteiger partial charge in [-0.05, 0) is 71.8 Å². The Labute approximate surface area is 271 Å². The number of alkyl halides is 3. The first-order valence-corrected chi connectivity index (χ1v) is 15.1. The Morgan fingerprint density at radius 2 is 1.60 bits per heavy atom. The van der Waals surface area contributed by atoms with Crippen LogP contribution in [-0.2, 0) is 15.7 Å². The number of halogens is 3. The molecule has 13 heteroatoms. The molecule has 47 heavy (non-hydrogen) atoms. The Kier molecular flexibility index (Phi) is 10.7. The zero-order valence-corrected chi connectivity index (χ0v) is 26.5. The molecule has 1 atom stereocenters. The molecular formula is C34H37F3N4O6. The Bertz CT molecular complexity index is 1570. The minimum absolute atomic E-state index is 0.0491. The van der Waals surface area contributed by atoms with Crippen LogP contribution in [-0.4, -0.2) is 99.6 Å². The molecule has 0 aliphatic carbocycles. The fourth-order valence-corrected chi connectivity index (χ4v) is 5.58. The molecule has 2 aliphatic rings. The molecule has 0 radical (unpaired) electrons. The summed E-state index contributed by atoms with van der Waals surface area (Å²) in [7, 11) is 4.64. The molecule has 1 unspecified atom stereocenters. The van der Waals surface area contributed by atoms with Crippen LogP contribution in [0.3, 0.4) is 0 Å². The highest BCUT2D eigenvalue weighted by Crippen LogP contribution is 2.38. The lowest BCUT2D eigenvalue weighted by Gasteiger charge is -2.31. The van der Waals surface area contributed by atoms with E-state index < -0.39 is 29.6 Å². The van der Waals surface area contributed by atoms with Gasteiger partial charge >= 0.3 is 6.18 Å². The predicted octanol–water partition coefficient (Wildman–Crippen LogP) is 4.88. The molecule has 0 bridgehead atoms. The van der Waals surface area contributed by atoms with Crippen LogP contribution in [0.5, 0.6) is 17.2 Å². The third kappa shape index (κ3) is 8.03. The third-order valence-electron chi connectivity index (χ3n) is 8.24. The third-order valence-corrected chi connectivity index (χ3v) is 8.24. The highest BCUT2D eigenvalue weighted by Gasteiger charge is 2.36. The molecule has 2 amide bonds. The SMILES string of the molecule is COc1ccc(C2=NN(C(=O)CN(CCN3CCOCC3)C(=O)c3ccc(C(F)(F)F)cc3)C(c3ccc(OC)c(OC)c3)C2)cc1. The van der Waals surface area contributed by atoms with Gasteiger partial charge in [0.05, 0.1) is 51.9 Å². The van der Waals surface area contributed by atoms with E-state index in [0.717, 1.165) is 35.4 Å². The number of amides is 2. The molecule has 10 nitrogen and oxygen atoms in total. The van der Waals surface area contributed by atoms with Crippen LogP contribution >= 0.6 is 0 Å². The number of morpholine rings is 1. The van der Waals surface area contributed by atoms with Crippen molar-refractivity contribution in [3.63, 3.8) is 0 Å². The number of benzene rings is 3. The van der Waals surface area contributed by atoms with Crippen LogP contribution in [0.2, 0.25) is 0 Å². The first-order chi connectivity index (χ1) is 22.6. The van der Waals surface area contributed by atoms with Gasteiger partial charge in [-0.2, -0.15) is 18.3 Å². The summed E-state index contributed by atoms with van der Waals surface area (Å²) in [5.41, 5.74) is 1.40. The number of rotatable bonds is 11. The Morgan fingerprint density at radius 1 is 0.915 bits per heavy atom. The number of hydrogen-bond donors (Lipinski definition) is 0. The van der Waals surface area contributed by atoms with E-state index in [1.807, 2.05) is 30.3 Å². The van der Waals surface area contributed by atoms with Crippen LogP contribution in [0.25, 0.3) is 0 Å². The van der Waals surface area contributed by atoms with Gasteiger partial charge in [0.25, 0.3) is 11.8 Å². The molecule has 5 rings (SSSR count). The van der Waals surface area contributed by atoms with Gasteiger partial charge in [0.2, 0.25) is 0 Å². The fourth-order valence-electron chi connectivity index (χ4n) is 5.58. The topological polar surface area (TPSA) is 93.1 Å². The molecule has 3 aromatic rings. The molecule has 0 aromatic heterocycles. The smallest absolute Gasteiger partial charge is 0.416 e. The molecule has 1 saturated heterocycles. The van der Waals surface area contributed by atoms with Gasteiger partial charge in [-0.15, -0.1) is 0 Å². The summed E-state index contributed by atoms with van der Waals surface area (Å²) < 4.78 is 61.3. The van der Waals surface area contributed by atoms with Gasteiger partial charge in [-0.25, -0.2) is 5.01 Å². The maximum absolute atomic E-state index is 14.1. The molecule has 2 aliphatic heterocycles. The normalized spacial score (nSPS) is 16.9. The summed E-state index contributed by atoms with van der Waals surface area (Å²) >= 11 is 0. The maximum atomic E-state index is 14.1. The van der Waals surface area contributed by atoms with Gasteiger partial charge in [0, 0.05) is 38.2 Å². The molecule has 3 aromatic carbocycles. The predicted molar refractivity (Wildman–Crippen MR) is 168 cm³/mol. The molecular weight excluding hydrogens is 617 g/mol. The number of carbonyl (C=O) groups excluding carboxylic acids is 2. The van der Waals surface area contributed by atoms with Crippen molar-refractivity contribution in [3.8, 4) is 17.2 Å². The lowest BCUT2D eigenvalue weighted by atomic mass is 9.98. The first kappa shape index (κ1) is 33.7. The lowest BCUT2D eigenvalue weighted by molar-refractivity contribution is -0.137. The number of nitrogens with zero attached hydrogens (tertiary/aromatic N) is 4. The number of hydrogen-bond acceptors (Lipinski definition) is 8. The van der Waals surface area contributed by atoms with E-state index in [9.17, 15) is 22.8 Å². The van der Waals surface area contributed by atoms with Crippen molar-refractivity contribution in [1.29, 1.82) is 0 Å². The van der Waals surface area contributed by atoms with E-state index >= 15 is 0 Å². The second-order valence-corrected chi connectivity index (χ2v) is 11.1. The zero-order chi connectivity index (χ0) is 33.6. The largest absolute Gasteiger partial charge is 0.497 e. The summed E-state index contributed by atoms with van der Waals surface area (Å²) in [6, 6.07) is 16.2. The van der Waals surface area contributed by atoms with Crippen molar-refractivity contribution in [2.24, 2.45) is 5.10 Å². The molecule has 1 fully saturated rings. The standard InChI is InChI=1S/C34H37F3N4O6/c1-44-27-11-6-23(7-12-27)28-21-29(25-8-13-30(45-2)31(20-25)46-3)41(38-28)32(42)22-40(15-14-39-16-18-47-19-17-39)33(43)24-4-9-26(10-5-24)34(35,36)37/h4-13,20,29H,14-19,21-22H2,1-3H3. The van der Waals surface area contributed by atoms with Gasteiger partial charge in [-0.3, -0.25) is 14.5 Å². The highest BCUT2D eigenvalue weighted by molar-refractivity contribution is 6.04. The quantitative estimate of drug-likeness (QED) is 0.291. The summed E-state index contributed by atoms with van der Waals surface area (Å²) in [6.45, 7) is 2.73. The van der Waals surface area contributed by atoms with Crippen molar-refractivity contribution in [2.75, 3.05) is 67.3 Å². The van der Waals surface area contributed by atoms with Crippen molar-refractivity contribution in [3.05, 3.63) is 89.0 Å². The van der Waals surface area contributed by atoms with Crippen molar-refractivity contribution in [2.45, 2.75) is 18.6 Å². The average Bonchev–Trinajstić information content (AvgIpc) is 3.55. The van der Waals surface area contributed by atoms with Gasteiger partial charge in [-0.1, -0.05) is 6.07 Å². The van der Waals surface area contributed by atoms with E-state index in [4.69, 9.17) is 24.0 Å². The molecule has 0 spiro atoms. The van der Waals surface area contributed by atoms with E-state index in [0.29, 0.717) is 62.2 Å². The number of methoxy groups -OCH3 is 3. The summed E-state index contributed by atoms with van der Waals surface area (Å²) in [4.78, 5) is 31.3. The van der Waals surface area contributed by atoms with E-state index in [1.165, 1.54) is 24.1 Å². The van der Waals surface area contributed by atoms with Crippen molar-refractivity contribution < 1.29 is 41.7 Å². The zero-order valence-electron chi connectivity index (χ0n) is 26.5. The fraction of sp³-hybridized carbons (Fsp3) is 0.382. The summed E-state index contributed by atoms with van der Waals surface area (Å²) in [5.74, 6) is 0.686. The summed E-state index contributed by atoms with van der Waals surface area (Å²) in [5, 5.41) is 6.12. The minimum atomic E-state index is -4.54. The molecule has 0 saturated carbocycles. The Morgan fingerprint density at radius 3 is 2.21 bits per heavy atom. The molecule has 2 heterocycles. The van der Waals surface area contributed by atoms with Crippen molar-refractivity contribution in [1.82, 2.24) is 14.8 Å². The van der Waals surface area contributed by atoms with Crippen LogP contribution in [0.15, 0.2) is 71.8 Å². The average molecular weight is 655 g/mol. The monoisotopic (exact) mass is 654 g/mol.